The molecule has 0 amide bonds. The van der Waals surface area contributed by atoms with Crippen molar-refractivity contribution in [3.63, 3.8) is 0 Å². The Hall–Kier alpha value is -3.50. The summed E-state index contributed by atoms with van der Waals surface area (Å²) in [5.74, 6) is -1.11. The number of aliphatic carboxylic acids is 1. The lowest BCUT2D eigenvalue weighted by atomic mass is 10.1. The fraction of sp³-hybridized carbons (Fsp3) is 0.261. The van der Waals surface area contributed by atoms with Crippen LogP contribution in [0, 0.1) is 0 Å². The summed E-state index contributed by atoms with van der Waals surface area (Å²) in [6.07, 6.45) is 2.41. The molecule has 1 aliphatic heterocycles. The molecule has 0 saturated carbocycles. The lowest BCUT2D eigenvalue weighted by Gasteiger charge is -2.31. The van der Waals surface area contributed by atoms with Crippen LogP contribution in [0.1, 0.15) is 18.9 Å². The molecule has 1 fully saturated rings. The maximum atomic E-state index is 13.3. The van der Waals surface area contributed by atoms with Crippen LogP contribution in [0.4, 0.5) is 0 Å². The number of carbonyl (C=O) groups is 1. The van der Waals surface area contributed by atoms with Crippen LogP contribution in [0.3, 0.4) is 0 Å². The zero-order valence-electron chi connectivity index (χ0n) is 17.7. The first-order chi connectivity index (χ1) is 15.9. The largest absolute Gasteiger partial charge is 0.480 e. The highest BCUT2D eigenvalue weighted by Gasteiger charge is 2.32. The maximum absolute atomic E-state index is 13.3. The van der Waals surface area contributed by atoms with E-state index in [2.05, 4.69) is 4.98 Å². The highest BCUT2D eigenvalue weighted by molar-refractivity contribution is 7.89. The van der Waals surface area contributed by atoms with Crippen LogP contribution in [-0.2, 0) is 21.4 Å². The van der Waals surface area contributed by atoms with Gasteiger partial charge in [0.25, 0.3) is 0 Å². The molecule has 33 heavy (non-hydrogen) atoms. The van der Waals surface area contributed by atoms with Gasteiger partial charge in [-0.15, -0.1) is 0 Å². The summed E-state index contributed by atoms with van der Waals surface area (Å²) in [5, 5.41) is 11.0. The lowest BCUT2D eigenvalue weighted by molar-refractivity contribution is -0.137. The van der Waals surface area contributed by atoms with E-state index in [0.717, 1.165) is 10.8 Å². The number of carboxylic acid groups (broad SMARTS) is 1. The SMILES string of the molecule is O=C(O)Cn1c(=O)n(C2CCN(S(=O)(=O)c3ccc4ccccc4c3)CC2)c2ncccc21. The molecule has 3 heterocycles. The summed E-state index contributed by atoms with van der Waals surface area (Å²) >= 11 is 0. The number of hydrogen-bond donors (Lipinski definition) is 1. The van der Waals surface area contributed by atoms with Crippen LogP contribution in [0.5, 0.6) is 0 Å². The molecule has 1 N–H and O–H groups in total. The van der Waals surface area contributed by atoms with E-state index in [9.17, 15) is 23.1 Å². The molecule has 4 aromatic rings. The van der Waals surface area contributed by atoms with Crippen molar-refractivity contribution >= 4 is 37.9 Å². The first kappa shape index (κ1) is 21.4. The normalized spacial score (nSPS) is 15.9. The van der Waals surface area contributed by atoms with Gasteiger partial charge in [-0.05, 0) is 47.9 Å². The van der Waals surface area contributed by atoms with Gasteiger partial charge < -0.3 is 5.11 Å². The smallest absolute Gasteiger partial charge is 0.331 e. The molecule has 1 aliphatic rings. The maximum Gasteiger partial charge on any atom is 0.331 e. The molecule has 9 nitrogen and oxygen atoms in total. The van der Waals surface area contributed by atoms with E-state index >= 15 is 0 Å². The molecule has 10 heteroatoms. The third-order valence-electron chi connectivity index (χ3n) is 6.16. The van der Waals surface area contributed by atoms with Crippen LogP contribution in [0.15, 0.2) is 70.5 Å². The van der Waals surface area contributed by atoms with E-state index < -0.39 is 28.2 Å². The topological polar surface area (TPSA) is 114 Å². The Morgan fingerprint density at radius 2 is 1.76 bits per heavy atom. The molecule has 0 unspecified atom stereocenters. The van der Waals surface area contributed by atoms with Crippen molar-refractivity contribution < 1.29 is 18.3 Å². The van der Waals surface area contributed by atoms with Crippen molar-refractivity contribution in [1.82, 2.24) is 18.4 Å². The molecule has 0 spiro atoms. The van der Waals surface area contributed by atoms with E-state index in [1.54, 1.807) is 36.5 Å². The zero-order chi connectivity index (χ0) is 23.2. The van der Waals surface area contributed by atoms with Crippen LogP contribution >= 0.6 is 0 Å². The zero-order valence-corrected chi connectivity index (χ0v) is 18.5. The lowest BCUT2D eigenvalue weighted by Crippen LogP contribution is -2.41. The molecule has 2 aromatic carbocycles. The van der Waals surface area contributed by atoms with Gasteiger partial charge in [-0.25, -0.2) is 18.2 Å². The van der Waals surface area contributed by atoms with Gasteiger partial charge in [-0.2, -0.15) is 4.31 Å². The summed E-state index contributed by atoms with van der Waals surface area (Å²) in [7, 11) is -3.68. The quantitative estimate of drug-likeness (QED) is 0.483. The first-order valence-corrected chi connectivity index (χ1v) is 12.1. The van der Waals surface area contributed by atoms with Gasteiger partial charge in [0.1, 0.15) is 6.54 Å². The van der Waals surface area contributed by atoms with Crippen LogP contribution in [0.25, 0.3) is 21.9 Å². The minimum Gasteiger partial charge on any atom is -0.480 e. The highest BCUT2D eigenvalue weighted by atomic mass is 32.2. The fourth-order valence-electron chi connectivity index (χ4n) is 4.54. The number of imidazole rings is 1. The van der Waals surface area contributed by atoms with E-state index in [1.807, 2.05) is 24.3 Å². The number of carboxylic acids is 1. The number of sulfonamides is 1. The second-order valence-electron chi connectivity index (χ2n) is 8.12. The third kappa shape index (κ3) is 3.70. The number of aromatic nitrogens is 3. The Balaban J connectivity index is 1.42. The number of pyridine rings is 1. The van der Waals surface area contributed by atoms with Crippen LogP contribution < -0.4 is 5.69 Å². The van der Waals surface area contributed by atoms with Crippen molar-refractivity contribution in [3.8, 4) is 0 Å². The van der Waals surface area contributed by atoms with E-state index in [-0.39, 0.29) is 24.0 Å². The van der Waals surface area contributed by atoms with Gasteiger partial charge in [-0.3, -0.25) is 13.9 Å². The monoisotopic (exact) mass is 466 g/mol. The predicted octanol–water partition coefficient (Wildman–Crippen LogP) is 2.46. The number of nitrogens with zero attached hydrogens (tertiary/aromatic N) is 4. The second-order valence-corrected chi connectivity index (χ2v) is 10.1. The van der Waals surface area contributed by atoms with Crippen LogP contribution in [0.2, 0.25) is 0 Å². The molecular weight excluding hydrogens is 444 g/mol. The summed E-state index contributed by atoms with van der Waals surface area (Å²) in [6.45, 7) is 0.0542. The van der Waals surface area contributed by atoms with Gasteiger partial charge in [0, 0.05) is 25.3 Å². The third-order valence-corrected chi connectivity index (χ3v) is 8.06. The minimum absolute atomic E-state index is 0.247. The van der Waals surface area contributed by atoms with E-state index in [4.69, 9.17) is 0 Å². The Morgan fingerprint density at radius 1 is 1.03 bits per heavy atom. The fourth-order valence-corrected chi connectivity index (χ4v) is 6.05. The number of piperidine rings is 1. The average molecular weight is 467 g/mol. The molecule has 2 aromatic heterocycles. The van der Waals surface area contributed by atoms with Crippen molar-refractivity contribution in [2.45, 2.75) is 30.3 Å². The van der Waals surface area contributed by atoms with E-state index in [1.165, 1.54) is 13.4 Å². The van der Waals surface area contributed by atoms with Gasteiger partial charge in [0.05, 0.1) is 10.4 Å². The van der Waals surface area contributed by atoms with Gasteiger partial charge in [0.15, 0.2) is 5.65 Å². The Labute approximate surface area is 189 Å². The van der Waals surface area contributed by atoms with Crippen molar-refractivity contribution in [2.24, 2.45) is 0 Å². The Kier molecular flexibility index (Phi) is 5.26. The first-order valence-electron chi connectivity index (χ1n) is 10.6. The molecular formula is C23H22N4O5S. The number of rotatable bonds is 5. The molecule has 1 saturated heterocycles. The Morgan fingerprint density at radius 3 is 2.48 bits per heavy atom. The number of hydrogen-bond acceptors (Lipinski definition) is 5. The summed E-state index contributed by atoms with van der Waals surface area (Å²) in [6, 6.07) is 15.8. The molecule has 0 aliphatic carbocycles. The molecule has 5 rings (SSSR count). The molecule has 0 radical (unpaired) electrons. The minimum atomic E-state index is -3.68. The van der Waals surface area contributed by atoms with Gasteiger partial charge in [-0.1, -0.05) is 30.3 Å². The summed E-state index contributed by atoms with van der Waals surface area (Å²) in [4.78, 5) is 28.8. The molecule has 0 bridgehead atoms. The number of fused-ring (bicyclic) bond motifs is 2. The van der Waals surface area contributed by atoms with Crippen molar-refractivity contribution in [1.29, 1.82) is 0 Å². The van der Waals surface area contributed by atoms with Crippen molar-refractivity contribution in [2.75, 3.05) is 13.1 Å². The molecule has 170 valence electrons. The highest BCUT2D eigenvalue weighted by Crippen LogP contribution is 2.29. The van der Waals surface area contributed by atoms with Gasteiger partial charge in [0.2, 0.25) is 10.0 Å². The van der Waals surface area contributed by atoms with Crippen molar-refractivity contribution in [3.05, 3.63) is 71.3 Å². The number of benzene rings is 2. The average Bonchev–Trinajstić information content (AvgIpc) is 3.09. The summed E-state index contributed by atoms with van der Waals surface area (Å²) < 4.78 is 30.7. The molecule has 0 atom stereocenters. The summed E-state index contributed by atoms with van der Waals surface area (Å²) in [5.41, 5.74) is 0.428. The van der Waals surface area contributed by atoms with Gasteiger partial charge >= 0.3 is 11.7 Å². The standard InChI is InChI=1S/C23H22N4O5S/c28-21(29)15-26-20-6-3-11-24-22(20)27(23(26)30)18-9-12-25(13-10-18)33(31,32)19-8-7-16-4-1-2-5-17(16)14-19/h1-8,11,14,18H,9-10,12-13,15H2,(H,28,29). The predicted molar refractivity (Wildman–Crippen MR) is 123 cm³/mol. The van der Waals surface area contributed by atoms with Crippen LogP contribution in [-0.4, -0.2) is 51.0 Å². The van der Waals surface area contributed by atoms with E-state index in [0.29, 0.717) is 24.0 Å². The Bertz CT molecular complexity index is 1530. The second kappa shape index (κ2) is 8.13.